The first-order valence-corrected chi connectivity index (χ1v) is 4.59. The molecule has 74 valence electrons. The van der Waals surface area contributed by atoms with Crippen LogP contribution in [0.2, 0.25) is 0 Å². The maximum Gasteiger partial charge on any atom is 0.314 e. The molecule has 0 bridgehead atoms. The summed E-state index contributed by atoms with van der Waals surface area (Å²) in [7, 11) is 0. The molecular weight excluding hydrogens is 180 g/mol. The van der Waals surface area contributed by atoms with E-state index in [1.54, 1.807) is 6.92 Å². The number of hydrogen-bond acceptors (Lipinski definition) is 2. The van der Waals surface area contributed by atoms with Gasteiger partial charge in [0.2, 0.25) is 0 Å². The van der Waals surface area contributed by atoms with E-state index in [4.69, 9.17) is 9.84 Å². The van der Waals surface area contributed by atoms with Crippen LogP contribution in [0.4, 0.5) is 0 Å². The van der Waals surface area contributed by atoms with Crippen molar-refractivity contribution in [2.24, 2.45) is 0 Å². The Morgan fingerprint density at radius 1 is 1.50 bits per heavy atom. The number of carbonyl (C=O) groups is 1. The zero-order chi connectivity index (χ0) is 10.3. The van der Waals surface area contributed by atoms with E-state index in [2.05, 4.69) is 0 Å². The minimum Gasteiger partial charge on any atom is -0.489 e. The van der Waals surface area contributed by atoms with E-state index in [1.807, 2.05) is 25.1 Å². The van der Waals surface area contributed by atoms with Gasteiger partial charge in [0.25, 0.3) is 0 Å². The molecule has 0 fully saturated rings. The zero-order valence-electron chi connectivity index (χ0n) is 8.15. The van der Waals surface area contributed by atoms with Gasteiger partial charge in [-0.3, -0.25) is 4.79 Å². The third-order valence-corrected chi connectivity index (χ3v) is 2.55. The van der Waals surface area contributed by atoms with Gasteiger partial charge in [0, 0.05) is 5.56 Å². The van der Waals surface area contributed by atoms with Gasteiger partial charge in [0.1, 0.15) is 17.8 Å². The Hall–Kier alpha value is -1.51. The summed E-state index contributed by atoms with van der Waals surface area (Å²) in [5.41, 5.74) is 1.86. The Bertz CT molecular complexity index is 384. The molecule has 0 aliphatic carbocycles. The second-order valence-electron chi connectivity index (χ2n) is 3.68. The highest BCUT2D eigenvalue weighted by atomic mass is 16.5. The fourth-order valence-corrected chi connectivity index (χ4v) is 1.87. The average Bonchev–Trinajstić information content (AvgIpc) is 2.40. The van der Waals surface area contributed by atoms with Gasteiger partial charge in [-0.2, -0.15) is 0 Å². The van der Waals surface area contributed by atoms with E-state index >= 15 is 0 Å². The lowest BCUT2D eigenvalue weighted by Gasteiger charge is -2.08. The molecule has 1 aliphatic heterocycles. The SMILES string of the molecule is Cc1ccc2c(c1)C(C(=O)O)C(C)O2. The highest BCUT2D eigenvalue weighted by molar-refractivity contribution is 5.79. The van der Waals surface area contributed by atoms with Crippen LogP contribution in [-0.4, -0.2) is 17.2 Å². The summed E-state index contributed by atoms with van der Waals surface area (Å²) in [6.45, 7) is 3.73. The zero-order valence-corrected chi connectivity index (χ0v) is 8.15. The minimum atomic E-state index is -0.818. The molecule has 1 aliphatic rings. The van der Waals surface area contributed by atoms with Crippen LogP contribution in [0.5, 0.6) is 5.75 Å². The monoisotopic (exact) mass is 192 g/mol. The van der Waals surface area contributed by atoms with Crippen molar-refractivity contribution in [2.45, 2.75) is 25.9 Å². The van der Waals surface area contributed by atoms with Gasteiger partial charge in [-0.25, -0.2) is 0 Å². The van der Waals surface area contributed by atoms with Crippen LogP contribution in [0.3, 0.4) is 0 Å². The molecule has 2 rings (SSSR count). The van der Waals surface area contributed by atoms with E-state index in [9.17, 15) is 4.79 Å². The molecule has 0 amide bonds. The van der Waals surface area contributed by atoms with Gasteiger partial charge in [-0.1, -0.05) is 17.7 Å². The van der Waals surface area contributed by atoms with E-state index in [1.165, 1.54) is 0 Å². The lowest BCUT2D eigenvalue weighted by atomic mass is 9.95. The fourth-order valence-electron chi connectivity index (χ4n) is 1.87. The van der Waals surface area contributed by atoms with Crippen molar-refractivity contribution in [3.05, 3.63) is 29.3 Å². The number of carboxylic acid groups (broad SMARTS) is 1. The van der Waals surface area contributed by atoms with Gasteiger partial charge in [-0.05, 0) is 19.9 Å². The summed E-state index contributed by atoms with van der Waals surface area (Å²) in [6.07, 6.45) is -0.274. The Morgan fingerprint density at radius 2 is 2.21 bits per heavy atom. The number of aliphatic carboxylic acids is 1. The summed E-state index contributed by atoms with van der Waals surface area (Å²) in [5.74, 6) is -0.637. The number of ether oxygens (including phenoxy) is 1. The van der Waals surface area contributed by atoms with Gasteiger partial charge >= 0.3 is 5.97 Å². The molecule has 1 aromatic carbocycles. The van der Waals surface area contributed by atoms with Crippen molar-refractivity contribution in [2.75, 3.05) is 0 Å². The standard InChI is InChI=1S/C11H12O3/c1-6-3-4-9-8(5-6)10(11(12)13)7(2)14-9/h3-5,7,10H,1-2H3,(H,12,13). The molecule has 1 aromatic rings. The van der Waals surface area contributed by atoms with Crippen molar-refractivity contribution in [1.29, 1.82) is 0 Å². The van der Waals surface area contributed by atoms with Crippen molar-refractivity contribution >= 4 is 5.97 Å². The van der Waals surface area contributed by atoms with E-state index in [0.29, 0.717) is 5.75 Å². The molecule has 0 saturated heterocycles. The summed E-state index contributed by atoms with van der Waals surface area (Å²) >= 11 is 0. The quantitative estimate of drug-likeness (QED) is 0.739. The maximum absolute atomic E-state index is 11.0. The minimum absolute atomic E-state index is 0.274. The Labute approximate surface area is 82.3 Å². The fraction of sp³-hybridized carbons (Fsp3) is 0.364. The molecule has 2 unspecified atom stereocenters. The summed E-state index contributed by atoms with van der Waals surface area (Å²) < 4.78 is 5.45. The number of fused-ring (bicyclic) bond motifs is 1. The number of aryl methyl sites for hydroxylation is 1. The summed E-state index contributed by atoms with van der Waals surface area (Å²) in [6, 6.07) is 5.65. The highest BCUT2D eigenvalue weighted by Crippen LogP contribution is 2.38. The second-order valence-corrected chi connectivity index (χ2v) is 3.68. The van der Waals surface area contributed by atoms with Crippen molar-refractivity contribution in [3.8, 4) is 5.75 Å². The van der Waals surface area contributed by atoms with Crippen molar-refractivity contribution in [1.82, 2.24) is 0 Å². The van der Waals surface area contributed by atoms with Crippen LogP contribution in [0.25, 0.3) is 0 Å². The van der Waals surface area contributed by atoms with Crippen LogP contribution in [-0.2, 0) is 4.79 Å². The Kier molecular flexibility index (Phi) is 1.95. The number of hydrogen-bond donors (Lipinski definition) is 1. The molecular formula is C11H12O3. The smallest absolute Gasteiger partial charge is 0.314 e. The van der Waals surface area contributed by atoms with Gasteiger partial charge in [-0.15, -0.1) is 0 Å². The Balaban J connectivity index is 2.49. The topological polar surface area (TPSA) is 46.5 Å². The first-order valence-electron chi connectivity index (χ1n) is 4.59. The molecule has 2 atom stereocenters. The van der Waals surface area contributed by atoms with Crippen molar-refractivity contribution < 1.29 is 14.6 Å². The third-order valence-electron chi connectivity index (χ3n) is 2.55. The molecule has 3 heteroatoms. The highest BCUT2D eigenvalue weighted by Gasteiger charge is 2.36. The van der Waals surface area contributed by atoms with Gasteiger partial charge < -0.3 is 9.84 Å². The lowest BCUT2D eigenvalue weighted by Crippen LogP contribution is -2.21. The molecule has 3 nitrogen and oxygen atoms in total. The average molecular weight is 192 g/mol. The lowest BCUT2D eigenvalue weighted by molar-refractivity contribution is -0.140. The largest absolute Gasteiger partial charge is 0.489 e. The molecule has 0 spiro atoms. The first kappa shape index (κ1) is 9.06. The predicted octanol–water partition coefficient (Wildman–Crippen LogP) is 1.94. The summed E-state index contributed by atoms with van der Waals surface area (Å²) in [5, 5.41) is 9.04. The van der Waals surface area contributed by atoms with E-state index in [-0.39, 0.29) is 6.10 Å². The summed E-state index contributed by atoms with van der Waals surface area (Å²) in [4.78, 5) is 11.0. The molecule has 0 aromatic heterocycles. The van der Waals surface area contributed by atoms with Crippen LogP contribution < -0.4 is 4.74 Å². The molecule has 1 N–H and O–H groups in total. The van der Waals surface area contributed by atoms with E-state index < -0.39 is 11.9 Å². The number of rotatable bonds is 1. The molecule has 0 radical (unpaired) electrons. The van der Waals surface area contributed by atoms with Crippen LogP contribution in [0.1, 0.15) is 24.0 Å². The van der Waals surface area contributed by atoms with E-state index in [0.717, 1.165) is 11.1 Å². The third kappa shape index (κ3) is 1.25. The number of carboxylic acids is 1. The molecule has 1 heterocycles. The predicted molar refractivity (Wildman–Crippen MR) is 51.6 cm³/mol. The normalized spacial score (nSPS) is 24.1. The van der Waals surface area contributed by atoms with Crippen LogP contribution >= 0.6 is 0 Å². The first-order chi connectivity index (χ1) is 6.59. The van der Waals surface area contributed by atoms with Crippen molar-refractivity contribution in [3.63, 3.8) is 0 Å². The van der Waals surface area contributed by atoms with Gasteiger partial charge in [0.15, 0.2) is 0 Å². The maximum atomic E-state index is 11.0. The van der Waals surface area contributed by atoms with Crippen LogP contribution in [0, 0.1) is 6.92 Å². The number of benzene rings is 1. The Morgan fingerprint density at radius 3 is 2.86 bits per heavy atom. The second kappa shape index (κ2) is 3.01. The van der Waals surface area contributed by atoms with Crippen LogP contribution in [0.15, 0.2) is 18.2 Å². The van der Waals surface area contributed by atoms with Gasteiger partial charge in [0.05, 0.1) is 0 Å². The molecule has 14 heavy (non-hydrogen) atoms. The molecule has 0 saturated carbocycles.